The second-order valence-corrected chi connectivity index (χ2v) is 15.0. The molecule has 0 aliphatic heterocycles. The Morgan fingerprint density at radius 1 is 0.745 bits per heavy atom. The highest BCUT2D eigenvalue weighted by atomic mass is 32.2. The third kappa shape index (κ3) is 11.1. The van der Waals surface area contributed by atoms with Crippen molar-refractivity contribution in [3.8, 4) is 11.5 Å². The predicted octanol–water partition coefficient (Wildman–Crippen LogP) is 7.38. The first-order valence-corrected chi connectivity index (χ1v) is 19.8. The number of phenols is 1. The van der Waals surface area contributed by atoms with E-state index in [2.05, 4.69) is 30.5 Å². The van der Waals surface area contributed by atoms with Crippen LogP contribution in [0.25, 0.3) is 10.8 Å². The van der Waals surface area contributed by atoms with Crippen molar-refractivity contribution >= 4 is 65.0 Å². The Balaban J connectivity index is 1.29. The van der Waals surface area contributed by atoms with E-state index >= 15 is 0 Å². The van der Waals surface area contributed by atoms with Crippen LogP contribution in [0.1, 0.15) is 12.0 Å². The summed E-state index contributed by atoms with van der Waals surface area (Å²) < 4.78 is 78.8. The number of aryl methyl sites for hydroxylation is 1. The van der Waals surface area contributed by atoms with E-state index in [1.165, 1.54) is 43.5 Å². The fourth-order valence-corrected chi connectivity index (χ4v) is 6.91. The molecule has 0 spiro atoms. The number of sulfonamides is 1. The third-order valence-electron chi connectivity index (χ3n) is 7.93. The monoisotopic (exact) mass is 792 g/mol. The molecule has 5 aromatic carbocycles. The van der Waals surface area contributed by atoms with E-state index in [0.717, 1.165) is 5.69 Å². The van der Waals surface area contributed by atoms with Gasteiger partial charge in [0.2, 0.25) is 10.0 Å². The first-order chi connectivity index (χ1) is 26.4. The van der Waals surface area contributed by atoms with Crippen molar-refractivity contribution in [1.82, 2.24) is 4.72 Å². The SMILES string of the molecule is COc1cc(/N=N/c2c(S(=O)(=O)O)cc3cc(Nc4ccccc4)ccc3c2O)c(C)cc1/N=N/c1ccc(S(=O)(=O)NCCCOCCOCCO)cc1. The van der Waals surface area contributed by atoms with Crippen molar-refractivity contribution in [2.45, 2.75) is 23.1 Å². The van der Waals surface area contributed by atoms with Gasteiger partial charge in [0.05, 0.1) is 49.8 Å². The van der Waals surface area contributed by atoms with Gasteiger partial charge >= 0.3 is 0 Å². The van der Waals surface area contributed by atoms with E-state index in [4.69, 9.17) is 19.3 Å². The van der Waals surface area contributed by atoms with Crippen LogP contribution >= 0.6 is 0 Å². The molecule has 0 unspecified atom stereocenters. The van der Waals surface area contributed by atoms with Crippen LogP contribution in [0.4, 0.5) is 34.1 Å². The van der Waals surface area contributed by atoms with Gasteiger partial charge in [-0.1, -0.05) is 18.2 Å². The van der Waals surface area contributed by atoms with Crippen LogP contribution in [0, 0.1) is 6.92 Å². The van der Waals surface area contributed by atoms with Gasteiger partial charge in [0.15, 0.2) is 5.75 Å². The van der Waals surface area contributed by atoms with Crippen LogP contribution in [0.3, 0.4) is 0 Å². The molecule has 5 rings (SSSR count). The Kier molecular flexibility index (Phi) is 14.0. The Labute approximate surface area is 318 Å². The normalized spacial score (nSPS) is 12.2. The van der Waals surface area contributed by atoms with Crippen LogP contribution < -0.4 is 14.8 Å². The number of benzene rings is 5. The first-order valence-electron chi connectivity index (χ1n) is 16.9. The molecule has 0 bridgehead atoms. The number of azo groups is 2. The van der Waals surface area contributed by atoms with E-state index in [9.17, 15) is 26.5 Å². The predicted molar refractivity (Wildman–Crippen MR) is 206 cm³/mol. The fraction of sp³-hybridized carbons (Fsp3) is 0.243. The summed E-state index contributed by atoms with van der Waals surface area (Å²) in [4.78, 5) is -0.585. The Morgan fingerprint density at radius 2 is 1.45 bits per heavy atom. The van der Waals surface area contributed by atoms with E-state index in [0.29, 0.717) is 54.3 Å². The van der Waals surface area contributed by atoms with Crippen molar-refractivity contribution in [2.75, 3.05) is 52.0 Å². The molecule has 18 heteroatoms. The molecule has 5 N–H and O–H groups in total. The molecule has 0 saturated heterocycles. The summed E-state index contributed by atoms with van der Waals surface area (Å²) >= 11 is 0. The molecule has 0 fully saturated rings. The number of hydrogen-bond acceptors (Lipinski definition) is 14. The molecular weight excluding hydrogens is 753 g/mol. The molecule has 16 nitrogen and oxygen atoms in total. The highest BCUT2D eigenvalue weighted by molar-refractivity contribution is 7.89. The Bertz CT molecular complexity index is 2380. The van der Waals surface area contributed by atoms with Crippen molar-refractivity contribution in [3.63, 3.8) is 0 Å². The standard InChI is InChI=1S/C37H40N6O10S2/c1-25-21-33(42-40-28-9-12-30(13-10-28)54(46,47)38-15-6-17-52-19-20-53-18-16-44)34(51-2)24-32(25)41-43-36-35(55(48,49)50)23-26-22-29(11-14-31(26)37(36)45)39-27-7-4-3-5-8-27/h3-5,7-14,21-24,38-39,44-45H,6,15-20H2,1-2H3,(H,48,49,50)/b42-40+,43-41+. The number of methoxy groups -OCH3 is 1. The topological polar surface area (TPSA) is 230 Å². The zero-order valence-electron chi connectivity index (χ0n) is 29.9. The third-order valence-corrected chi connectivity index (χ3v) is 10.3. The number of ether oxygens (including phenoxy) is 3. The highest BCUT2D eigenvalue weighted by Crippen LogP contribution is 2.43. The Hall–Kier alpha value is -5.34. The highest BCUT2D eigenvalue weighted by Gasteiger charge is 2.22. The molecular formula is C37H40N6O10S2. The molecule has 0 atom stereocenters. The summed E-state index contributed by atoms with van der Waals surface area (Å²) in [5.41, 5.74) is 2.44. The minimum absolute atomic E-state index is 0.0485. The molecule has 0 radical (unpaired) electrons. The molecule has 0 aromatic heterocycles. The van der Waals surface area contributed by atoms with Gasteiger partial charge in [0.1, 0.15) is 22.0 Å². The molecule has 0 saturated carbocycles. The molecule has 290 valence electrons. The average molecular weight is 793 g/mol. The van der Waals surface area contributed by atoms with Crippen LogP contribution in [-0.4, -0.2) is 78.3 Å². The lowest BCUT2D eigenvalue weighted by molar-refractivity contribution is 0.0328. The zero-order chi connectivity index (χ0) is 39.4. The lowest BCUT2D eigenvalue weighted by Gasteiger charge is -2.12. The number of nitrogens with one attached hydrogen (secondary N) is 2. The summed E-state index contributed by atoms with van der Waals surface area (Å²) in [5.74, 6) is -0.253. The lowest BCUT2D eigenvalue weighted by atomic mass is 10.1. The number of aliphatic hydroxyl groups excluding tert-OH is 1. The number of phenolic OH excluding ortho intramolecular Hbond substituents is 1. The number of aliphatic hydroxyl groups is 1. The fourth-order valence-electron chi connectivity index (χ4n) is 5.18. The number of anilines is 2. The van der Waals surface area contributed by atoms with Gasteiger partial charge in [-0.05, 0) is 91.0 Å². The number of fused-ring (bicyclic) bond motifs is 1. The summed E-state index contributed by atoms with van der Waals surface area (Å²) in [6, 6.07) is 24.4. The van der Waals surface area contributed by atoms with E-state index in [-0.39, 0.29) is 41.5 Å². The van der Waals surface area contributed by atoms with Gasteiger partial charge in [-0.2, -0.15) is 13.5 Å². The van der Waals surface area contributed by atoms with Crippen molar-refractivity contribution in [2.24, 2.45) is 20.5 Å². The van der Waals surface area contributed by atoms with E-state index in [1.54, 1.807) is 31.2 Å². The van der Waals surface area contributed by atoms with E-state index in [1.807, 2.05) is 30.3 Å². The largest absolute Gasteiger partial charge is 0.505 e. The summed E-state index contributed by atoms with van der Waals surface area (Å²) in [5, 5.41) is 40.3. The second-order valence-electron chi connectivity index (χ2n) is 11.9. The van der Waals surface area contributed by atoms with Gasteiger partial charge in [-0.25, -0.2) is 13.1 Å². The lowest BCUT2D eigenvalue weighted by Crippen LogP contribution is -2.25. The zero-order valence-corrected chi connectivity index (χ0v) is 31.5. The smallest absolute Gasteiger partial charge is 0.296 e. The summed E-state index contributed by atoms with van der Waals surface area (Å²) in [6.45, 7) is 3.08. The van der Waals surface area contributed by atoms with E-state index < -0.39 is 36.5 Å². The maximum atomic E-state index is 12.7. The van der Waals surface area contributed by atoms with Crippen molar-refractivity contribution in [3.05, 3.63) is 96.6 Å². The minimum Gasteiger partial charge on any atom is -0.505 e. The number of hydrogen-bond donors (Lipinski definition) is 5. The van der Waals surface area contributed by atoms with Gasteiger partial charge in [0, 0.05) is 36.0 Å². The van der Waals surface area contributed by atoms with Crippen molar-refractivity contribution in [1.29, 1.82) is 0 Å². The average Bonchev–Trinajstić information content (AvgIpc) is 3.16. The minimum atomic E-state index is -4.85. The number of rotatable bonds is 19. The maximum absolute atomic E-state index is 12.7. The molecule has 55 heavy (non-hydrogen) atoms. The molecule has 0 aliphatic carbocycles. The number of nitrogens with zero attached hydrogens (tertiary/aromatic N) is 4. The van der Waals surface area contributed by atoms with Crippen LogP contribution in [-0.2, 0) is 29.6 Å². The molecule has 0 amide bonds. The molecule has 0 aliphatic rings. The summed E-state index contributed by atoms with van der Waals surface area (Å²) in [7, 11) is -7.21. The van der Waals surface area contributed by atoms with Crippen LogP contribution in [0.2, 0.25) is 0 Å². The van der Waals surface area contributed by atoms with Gasteiger partial charge in [-0.3, -0.25) is 4.55 Å². The quantitative estimate of drug-likeness (QED) is 0.0315. The Morgan fingerprint density at radius 3 is 2.15 bits per heavy atom. The van der Waals surface area contributed by atoms with Crippen LogP contribution in [0.15, 0.2) is 121 Å². The van der Waals surface area contributed by atoms with Gasteiger partial charge < -0.3 is 29.7 Å². The number of para-hydroxylation sites is 1. The molecule has 5 aromatic rings. The van der Waals surface area contributed by atoms with Crippen molar-refractivity contribution < 1.29 is 45.8 Å². The van der Waals surface area contributed by atoms with Crippen LogP contribution in [0.5, 0.6) is 11.5 Å². The maximum Gasteiger partial charge on any atom is 0.296 e. The molecule has 0 heterocycles. The first kappa shape index (κ1) is 40.8. The van der Waals surface area contributed by atoms with Gasteiger partial charge in [-0.15, -0.1) is 15.3 Å². The van der Waals surface area contributed by atoms with Gasteiger partial charge in [0.25, 0.3) is 10.1 Å². The number of aromatic hydroxyl groups is 1. The second kappa shape index (κ2) is 18.8. The summed E-state index contributed by atoms with van der Waals surface area (Å²) in [6.07, 6.45) is 0.457.